The van der Waals surface area contributed by atoms with E-state index in [0.29, 0.717) is 0 Å². The minimum atomic E-state index is 0.722. The maximum absolute atomic E-state index is 5.92. The number of likely N-dealkylation sites (N-methyl/N-ethyl adjacent to an activating group) is 1. The predicted octanol–water partition coefficient (Wildman–Crippen LogP) is 5.26. The third-order valence-corrected chi connectivity index (χ3v) is 5.76. The van der Waals surface area contributed by atoms with Gasteiger partial charge in [-0.25, -0.2) is 0 Å². The number of rotatable bonds is 3. The number of furan rings is 1. The Labute approximate surface area is 164 Å². The highest BCUT2D eigenvalue weighted by Crippen LogP contribution is 2.42. The van der Waals surface area contributed by atoms with Crippen LogP contribution >= 0.6 is 0 Å². The van der Waals surface area contributed by atoms with Crippen molar-refractivity contribution < 1.29 is 13.9 Å². The first kappa shape index (κ1) is 17.1. The van der Waals surface area contributed by atoms with Gasteiger partial charge in [-0.1, -0.05) is 12.1 Å². The van der Waals surface area contributed by atoms with Crippen LogP contribution in [0.5, 0.6) is 11.5 Å². The van der Waals surface area contributed by atoms with Crippen molar-refractivity contribution in [3.05, 3.63) is 59.9 Å². The lowest BCUT2D eigenvalue weighted by atomic mass is 9.91. The molecule has 0 unspecified atom stereocenters. The van der Waals surface area contributed by atoms with Gasteiger partial charge in [-0.15, -0.1) is 0 Å². The standard InChI is InChI=1S/C24H23NO3/c1-25-8-6-15-4-5-16(10-19(15)14-25)23-20-13-22(27-3)21(26-2)12-18(20)11-17-7-9-28-24(17)23/h4-5,7,9-13H,6,8,14H2,1-3H3. The molecule has 0 amide bonds. The minimum absolute atomic E-state index is 0.722. The Kier molecular flexibility index (Phi) is 4.02. The molecule has 28 heavy (non-hydrogen) atoms. The van der Waals surface area contributed by atoms with Gasteiger partial charge < -0.3 is 18.8 Å². The average Bonchev–Trinajstić information content (AvgIpc) is 3.18. The second-order valence-corrected chi connectivity index (χ2v) is 7.49. The zero-order chi connectivity index (χ0) is 19.3. The summed E-state index contributed by atoms with van der Waals surface area (Å²) in [6.45, 7) is 2.09. The van der Waals surface area contributed by atoms with Crippen LogP contribution in [0, 0.1) is 0 Å². The average molecular weight is 373 g/mol. The van der Waals surface area contributed by atoms with Gasteiger partial charge in [-0.3, -0.25) is 0 Å². The summed E-state index contributed by atoms with van der Waals surface area (Å²) in [6.07, 6.45) is 2.86. The lowest BCUT2D eigenvalue weighted by Gasteiger charge is -2.25. The Morgan fingerprint density at radius 2 is 1.71 bits per heavy atom. The molecule has 2 heterocycles. The first-order valence-electron chi connectivity index (χ1n) is 9.54. The second-order valence-electron chi connectivity index (χ2n) is 7.49. The van der Waals surface area contributed by atoms with E-state index in [-0.39, 0.29) is 0 Å². The highest BCUT2D eigenvalue weighted by Gasteiger charge is 2.19. The van der Waals surface area contributed by atoms with Crippen LogP contribution in [0.3, 0.4) is 0 Å². The van der Waals surface area contributed by atoms with Crippen molar-refractivity contribution in [2.24, 2.45) is 0 Å². The summed E-state index contributed by atoms with van der Waals surface area (Å²) in [5.41, 5.74) is 6.02. The Morgan fingerprint density at radius 3 is 2.54 bits per heavy atom. The largest absolute Gasteiger partial charge is 0.493 e. The molecule has 0 spiro atoms. The molecule has 4 aromatic rings. The molecule has 1 aliphatic rings. The minimum Gasteiger partial charge on any atom is -0.493 e. The zero-order valence-electron chi connectivity index (χ0n) is 16.4. The molecule has 0 N–H and O–H groups in total. The van der Waals surface area contributed by atoms with Gasteiger partial charge >= 0.3 is 0 Å². The monoisotopic (exact) mass is 373 g/mol. The van der Waals surface area contributed by atoms with Crippen molar-refractivity contribution in [3.8, 4) is 22.6 Å². The van der Waals surface area contributed by atoms with E-state index in [1.54, 1.807) is 20.5 Å². The van der Waals surface area contributed by atoms with Crippen LogP contribution in [0.15, 0.2) is 53.1 Å². The highest BCUT2D eigenvalue weighted by atomic mass is 16.5. The summed E-state index contributed by atoms with van der Waals surface area (Å²) < 4.78 is 17.0. The van der Waals surface area contributed by atoms with Crippen molar-refractivity contribution in [1.82, 2.24) is 4.90 Å². The first-order chi connectivity index (χ1) is 13.7. The van der Waals surface area contributed by atoms with Gasteiger partial charge in [0.1, 0.15) is 5.58 Å². The Bertz CT molecular complexity index is 1190. The van der Waals surface area contributed by atoms with Crippen LogP contribution < -0.4 is 9.47 Å². The molecule has 0 saturated heterocycles. The number of benzene rings is 3. The van der Waals surface area contributed by atoms with Crippen LogP contribution in [0.25, 0.3) is 32.9 Å². The summed E-state index contributed by atoms with van der Waals surface area (Å²) in [4.78, 5) is 2.37. The van der Waals surface area contributed by atoms with E-state index >= 15 is 0 Å². The third-order valence-electron chi connectivity index (χ3n) is 5.76. The summed E-state index contributed by atoms with van der Waals surface area (Å²) in [5.74, 6) is 1.45. The molecular formula is C24H23NO3. The summed E-state index contributed by atoms with van der Waals surface area (Å²) >= 11 is 0. The molecule has 0 saturated carbocycles. The SMILES string of the molecule is COc1cc2cc3ccoc3c(-c3ccc4c(c3)CN(C)CC4)c2cc1OC. The number of ether oxygens (including phenoxy) is 2. The van der Waals surface area contributed by atoms with Gasteiger partial charge in [0.15, 0.2) is 11.5 Å². The van der Waals surface area contributed by atoms with Crippen LogP contribution in [-0.2, 0) is 13.0 Å². The Hall–Kier alpha value is -2.98. The summed E-state index contributed by atoms with van der Waals surface area (Å²) in [7, 11) is 5.51. The first-order valence-corrected chi connectivity index (χ1v) is 9.54. The molecule has 5 rings (SSSR count). The van der Waals surface area contributed by atoms with Gasteiger partial charge in [-0.2, -0.15) is 0 Å². The van der Waals surface area contributed by atoms with E-state index in [9.17, 15) is 0 Å². The Balaban J connectivity index is 1.82. The third kappa shape index (κ3) is 2.64. The van der Waals surface area contributed by atoms with E-state index in [1.165, 1.54) is 16.7 Å². The highest BCUT2D eigenvalue weighted by molar-refractivity contribution is 6.11. The molecule has 142 valence electrons. The van der Waals surface area contributed by atoms with Gasteiger partial charge in [0, 0.05) is 24.0 Å². The Morgan fingerprint density at radius 1 is 0.893 bits per heavy atom. The van der Waals surface area contributed by atoms with Gasteiger partial charge in [0.05, 0.1) is 20.5 Å². The molecular weight excluding hydrogens is 350 g/mol. The maximum Gasteiger partial charge on any atom is 0.161 e. The van der Waals surface area contributed by atoms with E-state index in [1.807, 2.05) is 12.1 Å². The van der Waals surface area contributed by atoms with Crippen molar-refractivity contribution in [2.75, 3.05) is 27.8 Å². The van der Waals surface area contributed by atoms with Crippen molar-refractivity contribution in [2.45, 2.75) is 13.0 Å². The molecule has 4 nitrogen and oxygen atoms in total. The van der Waals surface area contributed by atoms with E-state index in [4.69, 9.17) is 13.9 Å². The smallest absolute Gasteiger partial charge is 0.161 e. The van der Waals surface area contributed by atoms with E-state index < -0.39 is 0 Å². The molecule has 0 fully saturated rings. The molecule has 0 aliphatic carbocycles. The second kappa shape index (κ2) is 6.57. The summed E-state index contributed by atoms with van der Waals surface area (Å²) in [5, 5.41) is 3.30. The number of hydrogen-bond donors (Lipinski definition) is 0. The van der Waals surface area contributed by atoms with Crippen LogP contribution in [0.4, 0.5) is 0 Å². The van der Waals surface area contributed by atoms with Crippen LogP contribution in [0.1, 0.15) is 11.1 Å². The lowest BCUT2D eigenvalue weighted by molar-refractivity contribution is 0.313. The predicted molar refractivity (Wildman–Crippen MR) is 112 cm³/mol. The molecule has 1 aliphatic heterocycles. The van der Waals surface area contributed by atoms with Crippen LogP contribution in [-0.4, -0.2) is 32.7 Å². The fraction of sp³-hybridized carbons (Fsp3) is 0.250. The van der Waals surface area contributed by atoms with Gasteiger partial charge in [0.2, 0.25) is 0 Å². The van der Waals surface area contributed by atoms with Crippen molar-refractivity contribution in [1.29, 1.82) is 0 Å². The number of nitrogens with zero attached hydrogens (tertiary/aromatic N) is 1. The number of fused-ring (bicyclic) bond motifs is 3. The zero-order valence-corrected chi connectivity index (χ0v) is 16.4. The van der Waals surface area contributed by atoms with E-state index in [2.05, 4.69) is 42.3 Å². The quantitative estimate of drug-likeness (QED) is 0.491. The van der Waals surface area contributed by atoms with Gasteiger partial charge in [-0.05, 0) is 71.3 Å². The number of methoxy groups -OCH3 is 2. The molecule has 0 radical (unpaired) electrons. The fourth-order valence-electron chi connectivity index (χ4n) is 4.30. The molecule has 1 aromatic heterocycles. The molecule has 4 heteroatoms. The lowest BCUT2D eigenvalue weighted by Crippen LogP contribution is -2.26. The molecule has 3 aromatic carbocycles. The van der Waals surface area contributed by atoms with Gasteiger partial charge in [0.25, 0.3) is 0 Å². The maximum atomic E-state index is 5.92. The van der Waals surface area contributed by atoms with Crippen LogP contribution in [0.2, 0.25) is 0 Å². The van der Waals surface area contributed by atoms with Crippen molar-refractivity contribution in [3.63, 3.8) is 0 Å². The molecule has 0 atom stereocenters. The van der Waals surface area contributed by atoms with E-state index in [0.717, 1.165) is 58.3 Å². The fourth-order valence-corrected chi connectivity index (χ4v) is 4.30. The molecule has 0 bridgehead atoms. The van der Waals surface area contributed by atoms with Crippen molar-refractivity contribution >= 4 is 21.7 Å². The normalized spacial score (nSPS) is 14.4. The summed E-state index contributed by atoms with van der Waals surface area (Å²) in [6, 6.07) is 15.1. The number of hydrogen-bond acceptors (Lipinski definition) is 4. The topological polar surface area (TPSA) is 34.8 Å².